The van der Waals surface area contributed by atoms with E-state index in [-0.39, 0.29) is 10.8 Å². The SMILES string of the molecule is COc1cc(/C=C/C2=[N+](C)c3ccccc3C2(C)C)cc2c1OC1(C=C2)N(C)c2ccccc2C1(C)C. The number of hydrogen-bond donors (Lipinski definition) is 0. The molecule has 0 amide bonds. The molecule has 188 valence electrons. The van der Waals surface area contributed by atoms with Crippen LogP contribution in [0.1, 0.15) is 49.9 Å². The first-order valence-corrected chi connectivity index (χ1v) is 12.9. The third-order valence-electron chi connectivity index (χ3n) is 8.78. The van der Waals surface area contributed by atoms with E-state index >= 15 is 0 Å². The fourth-order valence-corrected chi connectivity index (χ4v) is 6.60. The van der Waals surface area contributed by atoms with E-state index in [1.807, 2.05) is 0 Å². The number of hydrogen-bond acceptors (Lipinski definition) is 3. The standard InChI is InChI=1S/C33H35N2O2/c1-31(2)24-12-8-10-14-26(24)34(5)29(31)17-16-22-20-23-18-19-33(37-30(23)28(21-22)36-7)32(3,4)25-13-9-11-15-27(25)35(33)6/h8-21H,1-7H3/q+1/b17-16+. The van der Waals surface area contributed by atoms with Crippen molar-refractivity contribution >= 4 is 29.2 Å². The number of allylic oxidation sites excluding steroid dienone is 1. The quantitative estimate of drug-likeness (QED) is 0.371. The van der Waals surface area contributed by atoms with Crippen molar-refractivity contribution in [3.63, 3.8) is 0 Å². The van der Waals surface area contributed by atoms with Crippen molar-refractivity contribution in [2.45, 2.75) is 44.2 Å². The van der Waals surface area contributed by atoms with E-state index in [2.05, 4.69) is 136 Å². The van der Waals surface area contributed by atoms with Crippen molar-refractivity contribution < 1.29 is 14.0 Å². The lowest BCUT2D eigenvalue weighted by molar-refractivity contribution is -0.401. The summed E-state index contributed by atoms with van der Waals surface area (Å²) >= 11 is 0. The highest BCUT2D eigenvalue weighted by atomic mass is 16.5. The Morgan fingerprint density at radius 2 is 1.62 bits per heavy atom. The van der Waals surface area contributed by atoms with Crippen LogP contribution in [0.3, 0.4) is 0 Å². The van der Waals surface area contributed by atoms with Gasteiger partial charge in [0, 0.05) is 36.0 Å². The summed E-state index contributed by atoms with van der Waals surface area (Å²) in [5.74, 6) is 1.53. The molecule has 3 aliphatic heterocycles. The molecule has 3 aromatic carbocycles. The Balaban J connectivity index is 1.38. The van der Waals surface area contributed by atoms with Crippen LogP contribution in [0.25, 0.3) is 12.2 Å². The second-order valence-electron chi connectivity index (χ2n) is 11.4. The van der Waals surface area contributed by atoms with Gasteiger partial charge < -0.3 is 14.4 Å². The maximum Gasteiger partial charge on any atom is 0.212 e. The second-order valence-corrected chi connectivity index (χ2v) is 11.4. The van der Waals surface area contributed by atoms with Gasteiger partial charge in [0.15, 0.2) is 17.2 Å². The zero-order chi connectivity index (χ0) is 26.2. The summed E-state index contributed by atoms with van der Waals surface area (Å²) in [5, 5.41) is 0. The first kappa shape index (κ1) is 23.6. The van der Waals surface area contributed by atoms with Crippen molar-refractivity contribution in [2.24, 2.45) is 0 Å². The van der Waals surface area contributed by atoms with E-state index in [1.54, 1.807) is 7.11 Å². The van der Waals surface area contributed by atoms with Crippen LogP contribution in [-0.4, -0.2) is 37.2 Å². The first-order chi connectivity index (χ1) is 17.6. The molecule has 6 rings (SSSR count). The van der Waals surface area contributed by atoms with Crippen LogP contribution in [0, 0.1) is 0 Å². The Kier molecular flexibility index (Phi) is 5.01. The minimum absolute atomic E-state index is 0.0663. The van der Waals surface area contributed by atoms with Crippen LogP contribution in [-0.2, 0) is 10.8 Å². The molecule has 0 bridgehead atoms. The molecule has 0 aliphatic carbocycles. The molecule has 0 aromatic heterocycles. The first-order valence-electron chi connectivity index (χ1n) is 12.9. The molecule has 4 nitrogen and oxygen atoms in total. The number of para-hydroxylation sites is 2. The maximum absolute atomic E-state index is 6.91. The molecule has 37 heavy (non-hydrogen) atoms. The highest BCUT2D eigenvalue weighted by molar-refractivity contribution is 6.05. The topological polar surface area (TPSA) is 24.7 Å². The monoisotopic (exact) mass is 491 g/mol. The zero-order valence-corrected chi connectivity index (χ0v) is 22.8. The van der Waals surface area contributed by atoms with Gasteiger partial charge >= 0.3 is 0 Å². The van der Waals surface area contributed by atoms with Gasteiger partial charge in [-0.1, -0.05) is 36.4 Å². The van der Waals surface area contributed by atoms with Gasteiger partial charge in [-0.15, -0.1) is 0 Å². The summed E-state index contributed by atoms with van der Waals surface area (Å²) in [5.41, 5.74) is 7.52. The van der Waals surface area contributed by atoms with Gasteiger partial charge in [0.05, 0.1) is 17.9 Å². The average Bonchev–Trinajstić information content (AvgIpc) is 3.19. The summed E-state index contributed by atoms with van der Waals surface area (Å²) in [6.07, 6.45) is 8.82. The summed E-state index contributed by atoms with van der Waals surface area (Å²) in [7, 11) is 5.98. The smallest absolute Gasteiger partial charge is 0.212 e. The lowest BCUT2D eigenvalue weighted by Gasteiger charge is -2.46. The predicted molar refractivity (Wildman–Crippen MR) is 153 cm³/mol. The minimum atomic E-state index is -0.632. The number of rotatable bonds is 3. The molecule has 1 spiro atoms. The molecule has 0 fully saturated rings. The van der Waals surface area contributed by atoms with Crippen LogP contribution in [0.4, 0.5) is 11.4 Å². The lowest BCUT2D eigenvalue weighted by Crippen LogP contribution is -2.58. The van der Waals surface area contributed by atoms with E-state index < -0.39 is 5.72 Å². The van der Waals surface area contributed by atoms with Crippen molar-refractivity contribution in [3.05, 3.63) is 95.1 Å². The molecule has 0 radical (unpaired) electrons. The van der Waals surface area contributed by atoms with Crippen LogP contribution in [0.15, 0.2) is 72.8 Å². The van der Waals surface area contributed by atoms with Gasteiger partial charge in [-0.25, -0.2) is 0 Å². The van der Waals surface area contributed by atoms with Gasteiger partial charge in [0.1, 0.15) is 7.05 Å². The molecule has 1 unspecified atom stereocenters. The summed E-state index contributed by atoms with van der Waals surface area (Å²) in [4.78, 5) is 2.25. The van der Waals surface area contributed by atoms with Gasteiger partial charge in [-0.2, -0.15) is 4.58 Å². The number of benzene rings is 3. The predicted octanol–water partition coefficient (Wildman–Crippen LogP) is 6.94. The van der Waals surface area contributed by atoms with Crippen molar-refractivity contribution in [1.29, 1.82) is 0 Å². The maximum atomic E-state index is 6.91. The number of fused-ring (bicyclic) bond motifs is 3. The Morgan fingerprint density at radius 3 is 2.32 bits per heavy atom. The van der Waals surface area contributed by atoms with Crippen LogP contribution in [0.2, 0.25) is 0 Å². The van der Waals surface area contributed by atoms with Gasteiger partial charge in [0.25, 0.3) is 0 Å². The average molecular weight is 492 g/mol. The molecule has 3 aromatic rings. The zero-order valence-electron chi connectivity index (χ0n) is 22.8. The van der Waals surface area contributed by atoms with Crippen LogP contribution >= 0.6 is 0 Å². The second kappa shape index (κ2) is 7.85. The Hall–Kier alpha value is -3.79. The van der Waals surface area contributed by atoms with Crippen LogP contribution < -0.4 is 14.4 Å². The molecule has 3 heterocycles. The molecule has 0 N–H and O–H groups in total. The van der Waals surface area contributed by atoms with Crippen LogP contribution in [0.5, 0.6) is 11.5 Å². The van der Waals surface area contributed by atoms with E-state index in [9.17, 15) is 0 Å². The van der Waals surface area contributed by atoms with Crippen molar-refractivity contribution in [3.8, 4) is 11.5 Å². The Bertz CT molecular complexity index is 1530. The molecule has 3 aliphatic rings. The number of ether oxygens (including phenoxy) is 2. The van der Waals surface area contributed by atoms with Crippen molar-refractivity contribution in [2.75, 3.05) is 26.1 Å². The number of likely N-dealkylation sites (N-methyl/N-ethyl adjacent to an activating group) is 1. The summed E-state index contributed by atoms with van der Waals surface area (Å²) < 4.78 is 15.1. The molecule has 1 atom stereocenters. The van der Waals surface area contributed by atoms with E-state index in [0.717, 1.165) is 22.6 Å². The number of anilines is 1. The fraction of sp³-hybridized carbons (Fsp3) is 0.303. The third-order valence-corrected chi connectivity index (χ3v) is 8.78. The van der Waals surface area contributed by atoms with E-state index in [4.69, 9.17) is 9.47 Å². The normalized spacial score (nSPS) is 22.3. The molecule has 0 saturated heterocycles. The van der Waals surface area contributed by atoms with Gasteiger partial charge in [0.2, 0.25) is 11.4 Å². The largest absolute Gasteiger partial charge is 0.493 e. The number of methoxy groups -OCH3 is 1. The van der Waals surface area contributed by atoms with Crippen molar-refractivity contribution in [1.82, 2.24) is 0 Å². The minimum Gasteiger partial charge on any atom is -0.493 e. The Labute approximate surface area is 220 Å². The molecular weight excluding hydrogens is 456 g/mol. The Morgan fingerprint density at radius 1 is 0.919 bits per heavy atom. The highest BCUT2D eigenvalue weighted by Crippen LogP contribution is 2.55. The summed E-state index contributed by atoms with van der Waals surface area (Å²) in [6.45, 7) is 9.08. The summed E-state index contributed by atoms with van der Waals surface area (Å²) in [6, 6.07) is 21.5. The molecule has 0 saturated carbocycles. The third kappa shape index (κ3) is 3.11. The molecule has 4 heteroatoms. The van der Waals surface area contributed by atoms with E-state index in [1.165, 1.54) is 28.2 Å². The molecular formula is C33H35N2O2+. The highest BCUT2D eigenvalue weighted by Gasteiger charge is 2.57. The van der Waals surface area contributed by atoms with Gasteiger partial charge in [-0.05, 0) is 75.2 Å². The number of nitrogens with zero attached hydrogens (tertiary/aromatic N) is 2. The fourth-order valence-electron chi connectivity index (χ4n) is 6.60. The van der Waals surface area contributed by atoms with E-state index in [0.29, 0.717) is 0 Å². The lowest BCUT2D eigenvalue weighted by atomic mass is 9.76. The van der Waals surface area contributed by atoms with Gasteiger partial charge in [-0.3, -0.25) is 0 Å².